The maximum Gasteiger partial charge on any atom is 0.131 e. The van der Waals surface area contributed by atoms with Gasteiger partial charge in [-0.15, -0.1) is 0 Å². The van der Waals surface area contributed by atoms with E-state index in [9.17, 15) is 20.4 Å². The maximum atomic E-state index is 10.6. The van der Waals surface area contributed by atoms with Crippen molar-refractivity contribution in [2.75, 3.05) is 0 Å². The standard InChI is InChI=1S/C30H26I4O4/c1-13-5-17(9-21(31)27(13)35)25(18-6-14(2)28(36)22(32)10-18)26(19-7-15(3)29(37)23(33)11-19)20-8-16(4)30(38)24(34)12-20/h5-12,25-26,35-38H,1-4H3. The molecular formula is C30H26I4O4. The quantitative estimate of drug-likeness (QED) is 0.151. The SMILES string of the molecule is Cc1cc(C(c2cc(C)c(O)c(I)c2)C(c2cc(C)c(O)c(I)c2)c2cc(C)c(O)c(I)c2)cc(I)c1O. The molecule has 0 atom stereocenters. The van der Waals surface area contributed by atoms with Crippen LogP contribution in [0, 0.1) is 42.0 Å². The molecule has 0 spiro atoms. The van der Waals surface area contributed by atoms with Gasteiger partial charge in [0.2, 0.25) is 0 Å². The normalized spacial score (nSPS) is 11.5. The van der Waals surface area contributed by atoms with Gasteiger partial charge >= 0.3 is 0 Å². The van der Waals surface area contributed by atoms with Gasteiger partial charge in [-0.2, -0.15) is 0 Å². The highest BCUT2D eigenvalue weighted by atomic mass is 127. The van der Waals surface area contributed by atoms with Crippen LogP contribution in [-0.2, 0) is 0 Å². The van der Waals surface area contributed by atoms with Crippen LogP contribution in [0.4, 0.5) is 0 Å². The van der Waals surface area contributed by atoms with Gasteiger partial charge in [-0.1, -0.05) is 24.3 Å². The van der Waals surface area contributed by atoms with Crippen molar-refractivity contribution in [3.8, 4) is 23.0 Å². The van der Waals surface area contributed by atoms with Crippen LogP contribution in [0.5, 0.6) is 23.0 Å². The van der Waals surface area contributed by atoms with Gasteiger partial charge in [0.1, 0.15) is 23.0 Å². The van der Waals surface area contributed by atoms with Gasteiger partial charge in [0, 0.05) is 11.8 Å². The highest BCUT2D eigenvalue weighted by molar-refractivity contribution is 14.1. The largest absolute Gasteiger partial charge is 0.507 e. The minimum atomic E-state index is -0.199. The summed E-state index contributed by atoms with van der Waals surface area (Å²) in [5.74, 6) is 0.680. The number of hydrogen-bond donors (Lipinski definition) is 4. The Kier molecular flexibility index (Phi) is 9.35. The average molecular weight is 958 g/mol. The molecule has 0 saturated heterocycles. The lowest BCUT2D eigenvalue weighted by atomic mass is 9.72. The van der Waals surface area contributed by atoms with Gasteiger partial charge in [-0.25, -0.2) is 0 Å². The molecule has 0 heterocycles. The fourth-order valence-corrected chi connectivity index (χ4v) is 8.07. The number of aryl methyl sites for hydroxylation is 4. The molecule has 0 bridgehead atoms. The van der Waals surface area contributed by atoms with Crippen LogP contribution in [-0.4, -0.2) is 20.4 Å². The van der Waals surface area contributed by atoms with E-state index in [1.54, 1.807) is 0 Å². The molecule has 0 aromatic heterocycles. The molecule has 0 amide bonds. The summed E-state index contributed by atoms with van der Waals surface area (Å²) >= 11 is 8.68. The Morgan fingerprint density at radius 1 is 0.395 bits per heavy atom. The van der Waals surface area contributed by atoms with Crippen molar-refractivity contribution >= 4 is 90.4 Å². The van der Waals surface area contributed by atoms with Crippen molar-refractivity contribution in [3.63, 3.8) is 0 Å². The molecule has 0 fully saturated rings. The Morgan fingerprint density at radius 2 is 0.579 bits per heavy atom. The highest BCUT2D eigenvalue weighted by Gasteiger charge is 2.32. The van der Waals surface area contributed by atoms with Gasteiger partial charge in [0.25, 0.3) is 0 Å². The van der Waals surface area contributed by atoms with Crippen LogP contribution < -0.4 is 0 Å². The molecule has 0 aliphatic carbocycles. The van der Waals surface area contributed by atoms with Gasteiger partial charge in [-0.3, -0.25) is 0 Å². The summed E-state index contributed by atoms with van der Waals surface area (Å²) in [5, 5.41) is 42.4. The van der Waals surface area contributed by atoms with Gasteiger partial charge in [-0.05, 0) is 187 Å². The summed E-state index contributed by atoms with van der Waals surface area (Å²) in [5.41, 5.74) is 7.24. The average Bonchev–Trinajstić information content (AvgIpc) is 2.85. The molecule has 0 aliphatic rings. The molecule has 8 heteroatoms. The van der Waals surface area contributed by atoms with Crippen molar-refractivity contribution in [1.82, 2.24) is 0 Å². The van der Waals surface area contributed by atoms with Crippen LogP contribution in [0.15, 0.2) is 48.5 Å². The zero-order valence-electron chi connectivity index (χ0n) is 21.1. The van der Waals surface area contributed by atoms with E-state index < -0.39 is 0 Å². The van der Waals surface area contributed by atoms with E-state index in [4.69, 9.17) is 0 Å². The highest BCUT2D eigenvalue weighted by Crippen LogP contribution is 2.48. The van der Waals surface area contributed by atoms with Crippen molar-refractivity contribution < 1.29 is 20.4 Å². The number of rotatable bonds is 5. The molecule has 4 aromatic carbocycles. The van der Waals surface area contributed by atoms with Crippen molar-refractivity contribution in [1.29, 1.82) is 0 Å². The zero-order chi connectivity index (χ0) is 28.0. The Labute approximate surface area is 277 Å². The van der Waals surface area contributed by atoms with E-state index >= 15 is 0 Å². The molecule has 0 radical (unpaired) electrons. The molecule has 0 aliphatic heterocycles. The number of benzene rings is 4. The second-order valence-corrected chi connectivity index (χ2v) is 14.3. The molecule has 4 rings (SSSR count). The fraction of sp³-hybridized carbons (Fsp3) is 0.200. The molecule has 0 saturated carbocycles. The Morgan fingerprint density at radius 3 is 0.737 bits per heavy atom. The van der Waals surface area contributed by atoms with Gasteiger partial charge < -0.3 is 20.4 Å². The van der Waals surface area contributed by atoms with Crippen LogP contribution in [0.25, 0.3) is 0 Å². The lowest BCUT2D eigenvalue weighted by Gasteiger charge is -2.31. The van der Waals surface area contributed by atoms with Crippen molar-refractivity contribution in [3.05, 3.63) is 107 Å². The summed E-state index contributed by atoms with van der Waals surface area (Å²) in [6.07, 6.45) is 0. The maximum absolute atomic E-state index is 10.6. The third kappa shape index (κ3) is 5.87. The fourth-order valence-electron chi connectivity index (χ4n) is 4.93. The first kappa shape index (κ1) is 30.0. The number of phenols is 4. The second kappa shape index (κ2) is 11.9. The Balaban J connectivity index is 2.14. The number of halogens is 4. The first-order valence-electron chi connectivity index (χ1n) is 11.8. The summed E-state index contributed by atoms with van der Waals surface area (Å²) in [4.78, 5) is 0. The van der Waals surface area contributed by atoms with E-state index in [1.807, 2.05) is 76.2 Å². The summed E-state index contributed by atoms with van der Waals surface area (Å²) in [7, 11) is 0. The second-order valence-electron chi connectivity index (χ2n) is 9.63. The number of aromatic hydroxyl groups is 4. The van der Waals surface area contributed by atoms with Crippen molar-refractivity contribution in [2.45, 2.75) is 39.5 Å². The number of phenolic OH excluding ortho intramolecular Hbond substituents is 4. The van der Waals surface area contributed by atoms with E-state index in [2.05, 4.69) is 90.4 Å². The first-order chi connectivity index (χ1) is 17.8. The van der Waals surface area contributed by atoms with E-state index in [-0.39, 0.29) is 34.8 Å². The lowest BCUT2D eigenvalue weighted by Crippen LogP contribution is -2.16. The van der Waals surface area contributed by atoms with Crippen molar-refractivity contribution in [2.24, 2.45) is 0 Å². The monoisotopic (exact) mass is 958 g/mol. The predicted molar refractivity (Wildman–Crippen MR) is 186 cm³/mol. The van der Waals surface area contributed by atoms with E-state index in [1.165, 1.54) is 0 Å². The lowest BCUT2D eigenvalue weighted by molar-refractivity contribution is 0.464. The summed E-state index contributed by atoms with van der Waals surface area (Å²) in [6, 6.07) is 16.2. The Hall–Kier alpha value is -1.00. The zero-order valence-corrected chi connectivity index (χ0v) is 29.7. The summed E-state index contributed by atoms with van der Waals surface area (Å²) < 4.78 is 3.05. The minimum absolute atomic E-state index is 0.199. The molecular weight excluding hydrogens is 932 g/mol. The van der Waals surface area contributed by atoms with Crippen LogP contribution in [0.2, 0.25) is 0 Å². The molecule has 4 nitrogen and oxygen atoms in total. The van der Waals surface area contributed by atoms with Crippen LogP contribution in [0.3, 0.4) is 0 Å². The molecule has 4 aromatic rings. The third-order valence-corrected chi connectivity index (χ3v) is 10.2. The van der Waals surface area contributed by atoms with E-state index in [0.717, 1.165) is 58.8 Å². The minimum Gasteiger partial charge on any atom is -0.507 e. The molecule has 0 unspecified atom stereocenters. The predicted octanol–water partition coefficient (Wildman–Crippen LogP) is 9.13. The van der Waals surface area contributed by atoms with E-state index in [0.29, 0.717) is 0 Å². The topological polar surface area (TPSA) is 80.9 Å². The first-order valence-corrected chi connectivity index (χ1v) is 16.1. The smallest absolute Gasteiger partial charge is 0.131 e. The van der Waals surface area contributed by atoms with Crippen LogP contribution >= 0.6 is 90.4 Å². The Bertz CT molecular complexity index is 1240. The molecule has 4 N–H and O–H groups in total. The van der Waals surface area contributed by atoms with Crippen LogP contribution in [0.1, 0.15) is 56.3 Å². The van der Waals surface area contributed by atoms with Gasteiger partial charge in [0.05, 0.1) is 14.3 Å². The number of hydrogen-bond acceptors (Lipinski definition) is 4. The molecule has 198 valence electrons. The molecule has 38 heavy (non-hydrogen) atoms. The summed E-state index contributed by atoms with van der Waals surface area (Å²) in [6.45, 7) is 7.61. The third-order valence-electron chi connectivity index (χ3n) is 6.88. The van der Waals surface area contributed by atoms with Gasteiger partial charge in [0.15, 0.2) is 0 Å².